The Morgan fingerprint density at radius 1 is 1.08 bits per heavy atom. The van der Waals surface area contributed by atoms with E-state index < -0.39 is 11.7 Å². The van der Waals surface area contributed by atoms with Crippen molar-refractivity contribution in [2.24, 2.45) is 0 Å². The van der Waals surface area contributed by atoms with Gasteiger partial charge in [0.15, 0.2) is 0 Å². The molecule has 0 radical (unpaired) electrons. The lowest BCUT2D eigenvalue weighted by Gasteiger charge is -2.15. The molecule has 0 spiro atoms. The molecular weight excluding hydrogens is 319 g/mol. The lowest BCUT2D eigenvalue weighted by molar-refractivity contribution is -0.910. The summed E-state index contributed by atoms with van der Waals surface area (Å²) in [6.07, 6.45) is 0. The average Bonchev–Trinajstić information content (AvgIpc) is 2.64. The first-order valence-corrected chi connectivity index (χ1v) is 8.60. The fourth-order valence-corrected chi connectivity index (χ4v) is 2.65. The molecule has 0 aromatic heterocycles. The quantitative estimate of drug-likeness (QED) is 0.770. The number of hydrogen-bond acceptors (Lipinski definition) is 2. The highest BCUT2D eigenvalue weighted by Crippen LogP contribution is 2.16. The van der Waals surface area contributed by atoms with Crippen LogP contribution in [0.3, 0.4) is 0 Å². The number of rotatable bonds is 8. The summed E-state index contributed by atoms with van der Waals surface area (Å²) in [5.41, 5.74) is 2.28. The minimum absolute atomic E-state index is 0.0163. The highest BCUT2D eigenvalue weighted by molar-refractivity contribution is 5.94. The molecule has 2 aromatic rings. The minimum atomic E-state index is -0.589. The monoisotopic (exact) mass is 345 g/mol. The van der Waals surface area contributed by atoms with Gasteiger partial charge in [-0.2, -0.15) is 0 Å². The number of nitrogens with one attached hydrogen (secondary N) is 2. The van der Waals surface area contributed by atoms with Crippen LogP contribution in [0.4, 0.5) is 4.39 Å². The van der Waals surface area contributed by atoms with Crippen LogP contribution in [0.2, 0.25) is 0 Å². The molecule has 134 valence electrons. The second-order valence-electron chi connectivity index (χ2n) is 5.98. The highest BCUT2D eigenvalue weighted by atomic mass is 19.1. The summed E-state index contributed by atoms with van der Waals surface area (Å²) in [5.74, 6) is -0.633. The van der Waals surface area contributed by atoms with Crippen molar-refractivity contribution in [1.29, 1.82) is 0 Å². The van der Waals surface area contributed by atoms with Gasteiger partial charge in [0.1, 0.15) is 18.1 Å². The highest BCUT2D eigenvalue weighted by Gasteiger charge is 2.12. The molecule has 0 saturated heterocycles. The van der Waals surface area contributed by atoms with Gasteiger partial charge in [-0.05, 0) is 31.5 Å². The molecule has 5 heteroatoms. The Bertz CT molecular complexity index is 697. The molecule has 0 saturated carbocycles. The molecule has 0 unspecified atom stereocenters. The van der Waals surface area contributed by atoms with Gasteiger partial charge in [0.05, 0.1) is 25.8 Å². The number of ether oxygens (including phenoxy) is 1. The SMILES string of the molecule is CC[NH+](CC)Cc1ccc(CNC(=O)c2ccc(OC)cc2F)cc1. The van der Waals surface area contributed by atoms with Gasteiger partial charge in [-0.25, -0.2) is 4.39 Å². The van der Waals surface area contributed by atoms with Gasteiger partial charge < -0.3 is 15.0 Å². The van der Waals surface area contributed by atoms with E-state index in [-0.39, 0.29) is 5.56 Å². The molecule has 25 heavy (non-hydrogen) atoms. The van der Waals surface area contributed by atoms with Crippen LogP contribution in [0.15, 0.2) is 42.5 Å². The topological polar surface area (TPSA) is 42.8 Å². The summed E-state index contributed by atoms with van der Waals surface area (Å²) in [6, 6.07) is 12.4. The van der Waals surface area contributed by atoms with Crippen molar-refractivity contribution in [1.82, 2.24) is 5.32 Å². The van der Waals surface area contributed by atoms with E-state index in [1.807, 2.05) is 12.1 Å². The van der Waals surface area contributed by atoms with E-state index in [0.29, 0.717) is 12.3 Å². The van der Waals surface area contributed by atoms with Gasteiger partial charge in [-0.15, -0.1) is 0 Å². The Balaban J connectivity index is 1.93. The van der Waals surface area contributed by atoms with Crippen molar-refractivity contribution >= 4 is 5.91 Å². The van der Waals surface area contributed by atoms with Crippen LogP contribution in [0.1, 0.15) is 35.3 Å². The van der Waals surface area contributed by atoms with Crippen LogP contribution in [0, 0.1) is 5.82 Å². The zero-order valence-electron chi connectivity index (χ0n) is 15.1. The number of methoxy groups -OCH3 is 1. The number of carbonyl (C=O) groups is 1. The van der Waals surface area contributed by atoms with Gasteiger partial charge in [0, 0.05) is 18.2 Å². The van der Waals surface area contributed by atoms with Crippen molar-refractivity contribution in [3.63, 3.8) is 0 Å². The van der Waals surface area contributed by atoms with E-state index in [9.17, 15) is 9.18 Å². The lowest BCUT2D eigenvalue weighted by atomic mass is 10.1. The molecule has 0 atom stereocenters. The Morgan fingerprint density at radius 3 is 2.28 bits per heavy atom. The van der Waals surface area contributed by atoms with Gasteiger partial charge >= 0.3 is 0 Å². The molecule has 0 fully saturated rings. The molecule has 0 heterocycles. The number of hydrogen-bond donors (Lipinski definition) is 2. The fourth-order valence-electron chi connectivity index (χ4n) is 2.65. The molecule has 2 aromatic carbocycles. The summed E-state index contributed by atoms with van der Waals surface area (Å²) in [4.78, 5) is 13.7. The van der Waals surface area contributed by atoms with Crippen molar-refractivity contribution in [2.45, 2.75) is 26.9 Å². The third kappa shape index (κ3) is 5.29. The summed E-state index contributed by atoms with van der Waals surface area (Å²) >= 11 is 0. The predicted octanol–water partition coefficient (Wildman–Crippen LogP) is 2.19. The normalized spacial score (nSPS) is 10.8. The van der Waals surface area contributed by atoms with Gasteiger partial charge in [-0.3, -0.25) is 4.79 Å². The maximum Gasteiger partial charge on any atom is 0.254 e. The molecule has 1 amide bonds. The maximum absolute atomic E-state index is 13.9. The first-order valence-electron chi connectivity index (χ1n) is 8.60. The van der Waals surface area contributed by atoms with Crippen LogP contribution in [0.25, 0.3) is 0 Å². The number of carbonyl (C=O) groups excluding carboxylic acids is 1. The molecule has 0 bridgehead atoms. The van der Waals surface area contributed by atoms with Crippen LogP contribution in [-0.4, -0.2) is 26.1 Å². The minimum Gasteiger partial charge on any atom is -0.497 e. The van der Waals surface area contributed by atoms with E-state index in [0.717, 1.165) is 25.2 Å². The summed E-state index contributed by atoms with van der Waals surface area (Å²) in [6.45, 7) is 7.92. The van der Waals surface area contributed by atoms with Crippen molar-refractivity contribution < 1.29 is 18.8 Å². The second-order valence-corrected chi connectivity index (χ2v) is 5.98. The first-order chi connectivity index (χ1) is 12.1. The first kappa shape index (κ1) is 18.9. The Labute approximate surface area is 148 Å². The van der Waals surface area contributed by atoms with Gasteiger partial charge in [-0.1, -0.05) is 24.3 Å². The molecule has 0 aliphatic heterocycles. The zero-order valence-corrected chi connectivity index (χ0v) is 15.1. The molecule has 2 N–H and O–H groups in total. The van der Waals surface area contributed by atoms with Crippen molar-refractivity contribution in [3.05, 3.63) is 65.0 Å². The van der Waals surface area contributed by atoms with Crippen molar-refractivity contribution in [2.75, 3.05) is 20.2 Å². The number of amides is 1. The third-order valence-corrected chi connectivity index (χ3v) is 4.35. The van der Waals surface area contributed by atoms with E-state index >= 15 is 0 Å². The second kappa shape index (κ2) is 9.18. The predicted molar refractivity (Wildman–Crippen MR) is 96.3 cm³/mol. The summed E-state index contributed by atoms with van der Waals surface area (Å²) in [5, 5.41) is 2.75. The zero-order chi connectivity index (χ0) is 18.2. The van der Waals surface area contributed by atoms with E-state index in [1.165, 1.54) is 29.7 Å². The number of benzene rings is 2. The van der Waals surface area contributed by atoms with Crippen molar-refractivity contribution in [3.8, 4) is 5.75 Å². The van der Waals surface area contributed by atoms with Gasteiger partial charge in [0.2, 0.25) is 0 Å². The fraction of sp³-hybridized carbons (Fsp3) is 0.350. The summed E-state index contributed by atoms with van der Waals surface area (Å²) < 4.78 is 18.9. The van der Waals surface area contributed by atoms with Gasteiger partial charge in [0.25, 0.3) is 5.91 Å². The molecule has 4 nitrogen and oxygen atoms in total. The summed E-state index contributed by atoms with van der Waals surface area (Å²) in [7, 11) is 1.46. The molecule has 0 aliphatic carbocycles. The Hall–Kier alpha value is -2.40. The van der Waals surface area contributed by atoms with E-state index in [4.69, 9.17) is 4.74 Å². The maximum atomic E-state index is 13.9. The van der Waals surface area contributed by atoms with Crippen LogP contribution in [-0.2, 0) is 13.1 Å². The Kier molecular flexibility index (Phi) is 6.95. The van der Waals surface area contributed by atoms with Crippen LogP contribution in [0.5, 0.6) is 5.75 Å². The smallest absolute Gasteiger partial charge is 0.254 e. The Morgan fingerprint density at radius 2 is 1.72 bits per heavy atom. The number of halogens is 1. The van der Waals surface area contributed by atoms with Crippen LogP contribution < -0.4 is 15.0 Å². The average molecular weight is 345 g/mol. The third-order valence-electron chi connectivity index (χ3n) is 4.35. The molecule has 2 rings (SSSR count). The van der Waals surface area contributed by atoms with E-state index in [2.05, 4.69) is 31.3 Å². The van der Waals surface area contributed by atoms with E-state index in [1.54, 1.807) is 6.07 Å². The standard InChI is InChI=1S/C20H25FN2O2/c1-4-23(5-2)14-16-8-6-15(7-9-16)13-22-20(24)18-11-10-17(25-3)12-19(18)21/h6-12H,4-5,13-14H2,1-3H3,(H,22,24)/p+1. The lowest BCUT2D eigenvalue weighted by Crippen LogP contribution is -3.10. The molecular formula is C20H26FN2O2+. The molecule has 0 aliphatic rings. The largest absolute Gasteiger partial charge is 0.497 e. The van der Waals surface area contributed by atoms with Crippen LogP contribution >= 0.6 is 0 Å². The number of quaternary nitrogens is 1.